The zero-order chi connectivity index (χ0) is 15.2. The van der Waals surface area contributed by atoms with E-state index in [1.807, 2.05) is 44.2 Å². The summed E-state index contributed by atoms with van der Waals surface area (Å²) in [5, 5.41) is 8.97. The molecule has 2 atom stereocenters. The standard InChI is InChI=1S/C18H20N2O/c1-3-17(20)18(15-8-4-6-13(2)10-15)21-16-9-5-7-14(11-16)12-19/h4-11,17-18H,3,20H2,1-2H3. The Hall–Kier alpha value is -2.31. The smallest absolute Gasteiger partial charge is 0.139 e. The highest BCUT2D eigenvalue weighted by atomic mass is 16.5. The summed E-state index contributed by atoms with van der Waals surface area (Å²) in [6, 6.07) is 17.4. The van der Waals surface area contributed by atoms with Crippen molar-refractivity contribution in [3.05, 3.63) is 65.2 Å². The van der Waals surface area contributed by atoms with Crippen LogP contribution in [0.25, 0.3) is 0 Å². The van der Waals surface area contributed by atoms with E-state index in [2.05, 4.69) is 12.1 Å². The Morgan fingerprint density at radius 3 is 2.62 bits per heavy atom. The van der Waals surface area contributed by atoms with E-state index in [-0.39, 0.29) is 12.1 Å². The molecule has 108 valence electrons. The third-order valence-corrected chi connectivity index (χ3v) is 3.46. The van der Waals surface area contributed by atoms with Crippen LogP contribution in [-0.2, 0) is 0 Å². The third-order valence-electron chi connectivity index (χ3n) is 3.46. The zero-order valence-electron chi connectivity index (χ0n) is 12.4. The van der Waals surface area contributed by atoms with E-state index in [0.717, 1.165) is 12.0 Å². The van der Waals surface area contributed by atoms with Crippen LogP contribution in [-0.4, -0.2) is 6.04 Å². The van der Waals surface area contributed by atoms with E-state index in [4.69, 9.17) is 15.7 Å². The Balaban J connectivity index is 2.31. The summed E-state index contributed by atoms with van der Waals surface area (Å²) in [5.74, 6) is 0.671. The first-order valence-corrected chi connectivity index (χ1v) is 7.13. The van der Waals surface area contributed by atoms with Crippen LogP contribution < -0.4 is 10.5 Å². The highest BCUT2D eigenvalue weighted by Crippen LogP contribution is 2.26. The Morgan fingerprint density at radius 2 is 1.95 bits per heavy atom. The molecule has 2 unspecified atom stereocenters. The van der Waals surface area contributed by atoms with Crippen molar-refractivity contribution in [3.8, 4) is 11.8 Å². The number of aryl methyl sites for hydroxylation is 1. The van der Waals surface area contributed by atoms with Gasteiger partial charge in [0.1, 0.15) is 11.9 Å². The van der Waals surface area contributed by atoms with Crippen molar-refractivity contribution in [2.75, 3.05) is 0 Å². The van der Waals surface area contributed by atoms with Crippen LogP contribution in [0.4, 0.5) is 0 Å². The van der Waals surface area contributed by atoms with E-state index in [1.165, 1.54) is 5.56 Å². The first-order chi connectivity index (χ1) is 10.1. The van der Waals surface area contributed by atoms with Crippen molar-refractivity contribution in [3.63, 3.8) is 0 Å². The minimum absolute atomic E-state index is 0.0995. The quantitative estimate of drug-likeness (QED) is 0.908. The van der Waals surface area contributed by atoms with Gasteiger partial charge in [-0.25, -0.2) is 0 Å². The maximum Gasteiger partial charge on any atom is 0.139 e. The lowest BCUT2D eigenvalue weighted by atomic mass is 9.99. The lowest BCUT2D eigenvalue weighted by molar-refractivity contribution is 0.171. The molecule has 2 aromatic carbocycles. The van der Waals surface area contributed by atoms with Crippen molar-refractivity contribution >= 4 is 0 Å². The van der Waals surface area contributed by atoms with Gasteiger partial charge in [0.2, 0.25) is 0 Å². The summed E-state index contributed by atoms with van der Waals surface area (Å²) in [6.45, 7) is 4.09. The van der Waals surface area contributed by atoms with Gasteiger partial charge in [0.15, 0.2) is 0 Å². The molecule has 0 aromatic heterocycles. The third kappa shape index (κ3) is 3.84. The predicted molar refractivity (Wildman–Crippen MR) is 84.0 cm³/mol. The van der Waals surface area contributed by atoms with Crippen LogP contribution in [0.5, 0.6) is 5.75 Å². The molecular formula is C18H20N2O. The normalized spacial score (nSPS) is 13.2. The first kappa shape index (κ1) is 15.1. The molecule has 0 spiro atoms. The number of nitrogens with zero attached hydrogens (tertiary/aromatic N) is 1. The Kier molecular flexibility index (Phi) is 4.97. The van der Waals surface area contributed by atoms with Gasteiger partial charge in [-0.3, -0.25) is 0 Å². The Bertz CT molecular complexity index is 646. The highest BCUT2D eigenvalue weighted by molar-refractivity contribution is 5.37. The van der Waals surface area contributed by atoms with Crippen LogP contribution in [0.3, 0.4) is 0 Å². The molecule has 2 N–H and O–H groups in total. The summed E-state index contributed by atoms with van der Waals surface area (Å²) >= 11 is 0. The summed E-state index contributed by atoms with van der Waals surface area (Å²) in [5.41, 5.74) is 9.05. The lowest BCUT2D eigenvalue weighted by Crippen LogP contribution is -2.31. The minimum atomic E-state index is -0.219. The van der Waals surface area contributed by atoms with E-state index < -0.39 is 0 Å². The maximum atomic E-state index is 8.97. The fraction of sp³-hybridized carbons (Fsp3) is 0.278. The average Bonchev–Trinajstić information content (AvgIpc) is 2.52. The topological polar surface area (TPSA) is 59.0 Å². The number of benzene rings is 2. The number of hydrogen-bond donors (Lipinski definition) is 1. The van der Waals surface area contributed by atoms with Gasteiger partial charge in [0.05, 0.1) is 11.6 Å². The molecule has 0 radical (unpaired) electrons. The largest absolute Gasteiger partial charge is 0.484 e. The summed E-state index contributed by atoms with van der Waals surface area (Å²) in [6.07, 6.45) is 0.597. The van der Waals surface area contributed by atoms with Gasteiger partial charge in [-0.15, -0.1) is 0 Å². The molecular weight excluding hydrogens is 260 g/mol. The second-order valence-electron chi connectivity index (χ2n) is 5.16. The van der Waals surface area contributed by atoms with Gasteiger partial charge in [0.25, 0.3) is 0 Å². The number of ether oxygens (including phenoxy) is 1. The van der Waals surface area contributed by atoms with Crippen molar-refractivity contribution in [1.82, 2.24) is 0 Å². The van der Waals surface area contributed by atoms with Crippen molar-refractivity contribution < 1.29 is 4.74 Å². The van der Waals surface area contributed by atoms with Crippen LogP contribution >= 0.6 is 0 Å². The molecule has 3 heteroatoms. The predicted octanol–water partition coefficient (Wildman–Crippen LogP) is 3.72. The summed E-state index contributed by atoms with van der Waals surface area (Å²) in [7, 11) is 0. The van der Waals surface area contributed by atoms with Crippen LogP contribution in [0, 0.1) is 18.3 Å². The van der Waals surface area contributed by atoms with Gasteiger partial charge in [-0.2, -0.15) is 5.26 Å². The lowest BCUT2D eigenvalue weighted by Gasteiger charge is -2.25. The van der Waals surface area contributed by atoms with E-state index in [1.54, 1.807) is 12.1 Å². The maximum absolute atomic E-state index is 8.97. The molecule has 21 heavy (non-hydrogen) atoms. The first-order valence-electron chi connectivity index (χ1n) is 7.13. The Morgan fingerprint density at radius 1 is 1.19 bits per heavy atom. The SMILES string of the molecule is CCC(N)C(Oc1cccc(C#N)c1)c1cccc(C)c1. The molecule has 2 aromatic rings. The van der Waals surface area contributed by atoms with Crippen molar-refractivity contribution in [2.24, 2.45) is 5.73 Å². The van der Waals surface area contributed by atoms with Gasteiger partial charge >= 0.3 is 0 Å². The zero-order valence-corrected chi connectivity index (χ0v) is 12.4. The molecule has 0 amide bonds. The van der Waals surface area contributed by atoms with E-state index >= 15 is 0 Å². The van der Waals surface area contributed by atoms with Crippen molar-refractivity contribution in [2.45, 2.75) is 32.4 Å². The van der Waals surface area contributed by atoms with E-state index in [9.17, 15) is 0 Å². The summed E-state index contributed by atoms with van der Waals surface area (Å²) in [4.78, 5) is 0. The van der Waals surface area contributed by atoms with Gasteiger partial charge < -0.3 is 10.5 Å². The monoisotopic (exact) mass is 280 g/mol. The van der Waals surface area contributed by atoms with E-state index in [0.29, 0.717) is 11.3 Å². The number of rotatable bonds is 5. The van der Waals surface area contributed by atoms with Crippen LogP contribution in [0.2, 0.25) is 0 Å². The molecule has 2 rings (SSSR count). The summed E-state index contributed by atoms with van der Waals surface area (Å²) < 4.78 is 6.07. The fourth-order valence-electron chi connectivity index (χ4n) is 2.25. The van der Waals surface area contributed by atoms with Crippen molar-refractivity contribution in [1.29, 1.82) is 5.26 Å². The number of nitriles is 1. The molecule has 0 aliphatic carbocycles. The minimum Gasteiger partial charge on any atom is -0.484 e. The molecule has 0 fully saturated rings. The van der Waals surface area contributed by atoms with Crippen LogP contribution in [0.1, 0.15) is 36.1 Å². The molecule has 0 saturated carbocycles. The number of nitrogens with two attached hydrogens (primary N) is 1. The van der Waals surface area contributed by atoms with Gasteiger partial charge in [0, 0.05) is 6.04 Å². The fourth-order valence-corrected chi connectivity index (χ4v) is 2.25. The molecule has 0 heterocycles. The molecule has 0 saturated heterocycles. The molecule has 0 bridgehead atoms. The Labute approximate surface area is 126 Å². The molecule has 0 aliphatic rings. The molecule has 3 nitrogen and oxygen atoms in total. The number of hydrogen-bond acceptors (Lipinski definition) is 3. The van der Waals surface area contributed by atoms with Gasteiger partial charge in [-0.05, 0) is 37.1 Å². The van der Waals surface area contributed by atoms with Crippen LogP contribution in [0.15, 0.2) is 48.5 Å². The second-order valence-corrected chi connectivity index (χ2v) is 5.16. The van der Waals surface area contributed by atoms with Gasteiger partial charge in [-0.1, -0.05) is 42.8 Å². The molecule has 0 aliphatic heterocycles. The second kappa shape index (κ2) is 6.92. The highest BCUT2D eigenvalue weighted by Gasteiger charge is 2.20. The average molecular weight is 280 g/mol.